The number of hydrogen-bond donors (Lipinski definition) is 2. The molecule has 2 fully saturated rings. The summed E-state index contributed by atoms with van der Waals surface area (Å²) in [5.41, 5.74) is 0.403. The van der Waals surface area contributed by atoms with Gasteiger partial charge in [0.25, 0.3) is 5.91 Å². The van der Waals surface area contributed by atoms with Crippen LogP contribution in [0.15, 0.2) is 29.2 Å². The number of carbonyl (C=O) groups is 1. The van der Waals surface area contributed by atoms with Gasteiger partial charge in [-0.25, -0.2) is 8.42 Å². The molecular formula is C20H32ClN3O3S. The molecule has 0 radical (unpaired) electrons. The number of nitrogens with zero attached hydrogens (tertiary/aromatic N) is 1. The number of carbonyl (C=O) groups excluding carboxylic acids is 1. The van der Waals surface area contributed by atoms with Gasteiger partial charge >= 0.3 is 0 Å². The molecule has 0 spiro atoms. The SMILES string of the molecule is CC1CC(C)CN(S(=O)(=O)c2cccc(C(=O)NC3CCNCC3C)c2)C1.Cl. The van der Waals surface area contributed by atoms with Crippen LogP contribution >= 0.6 is 12.4 Å². The molecular weight excluding hydrogens is 398 g/mol. The number of benzene rings is 1. The first-order chi connectivity index (χ1) is 12.8. The molecule has 0 aromatic heterocycles. The number of sulfonamides is 1. The summed E-state index contributed by atoms with van der Waals surface area (Å²) in [6.45, 7) is 9.12. The Morgan fingerprint density at radius 2 is 1.86 bits per heavy atom. The van der Waals surface area contributed by atoms with E-state index in [0.29, 0.717) is 36.4 Å². The predicted molar refractivity (Wildman–Crippen MR) is 113 cm³/mol. The first-order valence-electron chi connectivity index (χ1n) is 9.89. The molecule has 158 valence electrons. The number of halogens is 1. The van der Waals surface area contributed by atoms with Crippen molar-refractivity contribution in [3.8, 4) is 0 Å². The van der Waals surface area contributed by atoms with Crippen molar-refractivity contribution in [2.24, 2.45) is 17.8 Å². The van der Waals surface area contributed by atoms with Gasteiger partial charge in [-0.15, -0.1) is 12.4 Å². The molecule has 1 aromatic rings. The summed E-state index contributed by atoms with van der Waals surface area (Å²) >= 11 is 0. The van der Waals surface area contributed by atoms with Crippen molar-refractivity contribution in [2.75, 3.05) is 26.2 Å². The lowest BCUT2D eigenvalue weighted by atomic mass is 9.94. The summed E-state index contributed by atoms with van der Waals surface area (Å²) in [7, 11) is -3.58. The van der Waals surface area contributed by atoms with Crippen molar-refractivity contribution in [1.29, 1.82) is 0 Å². The van der Waals surface area contributed by atoms with Crippen LogP contribution in [-0.2, 0) is 10.0 Å². The van der Waals surface area contributed by atoms with Gasteiger partial charge < -0.3 is 10.6 Å². The van der Waals surface area contributed by atoms with Crippen molar-refractivity contribution in [1.82, 2.24) is 14.9 Å². The van der Waals surface area contributed by atoms with Gasteiger partial charge in [0.05, 0.1) is 4.90 Å². The van der Waals surface area contributed by atoms with E-state index in [9.17, 15) is 13.2 Å². The quantitative estimate of drug-likeness (QED) is 0.770. The van der Waals surface area contributed by atoms with Crippen molar-refractivity contribution in [3.63, 3.8) is 0 Å². The molecule has 2 heterocycles. The van der Waals surface area contributed by atoms with Crippen LogP contribution in [0.2, 0.25) is 0 Å². The highest BCUT2D eigenvalue weighted by molar-refractivity contribution is 7.89. The number of piperidine rings is 2. The highest BCUT2D eigenvalue weighted by Gasteiger charge is 2.32. The molecule has 1 aromatic carbocycles. The molecule has 1 amide bonds. The van der Waals surface area contributed by atoms with E-state index in [-0.39, 0.29) is 29.3 Å². The first kappa shape index (κ1) is 23.1. The minimum absolute atomic E-state index is 0. The van der Waals surface area contributed by atoms with Gasteiger partial charge in [-0.3, -0.25) is 4.79 Å². The number of nitrogens with one attached hydrogen (secondary N) is 2. The Labute approximate surface area is 174 Å². The van der Waals surface area contributed by atoms with Crippen LogP contribution in [0.4, 0.5) is 0 Å². The van der Waals surface area contributed by atoms with Crippen molar-refractivity contribution >= 4 is 28.3 Å². The molecule has 28 heavy (non-hydrogen) atoms. The second kappa shape index (κ2) is 9.57. The van der Waals surface area contributed by atoms with Crippen LogP contribution in [0.1, 0.15) is 44.0 Å². The maximum atomic E-state index is 13.1. The average Bonchev–Trinajstić information content (AvgIpc) is 2.63. The lowest BCUT2D eigenvalue weighted by molar-refractivity contribution is 0.0914. The molecule has 0 saturated carbocycles. The second-order valence-electron chi connectivity index (χ2n) is 8.35. The molecule has 2 aliphatic rings. The van der Waals surface area contributed by atoms with Gasteiger partial charge in [0.15, 0.2) is 0 Å². The van der Waals surface area contributed by atoms with E-state index in [1.807, 2.05) is 0 Å². The lowest BCUT2D eigenvalue weighted by Crippen LogP contribution is -2.48. The summed E-state index contributed by atoms with van der Waals surface area (Å²) in [5, 5.41) is 6.38. The van der Waals surface area contributed by atoms with E-state index >= 15 is 0 Å². The van der Waals surface area contributed by atoms with E-state index in [0.717, 1.165) is 25.9 Å². The summed E-state index contributed by atoms with van der Waals surface area (Å²) in [5.74, 6) is 0.838. The molecule has 4 unspecified atom stereocenters. The summed E-state index contributed by atoms with van der Waals surface area (Å²) < 4.78 is 27.7. The van der Waals surface area contributed by atoms with E-state index in [1.54, 1.807) is 22.5 Å². The van der Waals surface area contributed by atoms with Gasteiger partial charge in [0.1, 0.15) is 0 Å². The van der Waals surface area contributed by atoms with E-state index < -0.39 is 10.0 Å². The van der Waals surface area contributed by atoms with Crippen LogP contribution in [0.5, 0.6) is 0 Å². The minimum atomic E-state index is -3.58. The Bertz CT molecular complexity index is 777. The van der Waals surface area contributed by atoms with Crippen LogP contribution in [0.3, 0.4) is 0 Å². The number of hydrogen-bond acceptors (Lipinski definition) is 4. The molecule has 0 bridgehead atoms. The molecule has 8 heteroatoms. The van der Waals surface area contributed by atoms with Crippen molar-refractivity contribution in [3.05, 3.63) is 29.8 Å². The van der Waals surface area contributed by atoms with Gasteiger partial charge in [-0.2, -0.15) is 4.31 Å². The smallest absolute Gasteiger partial charge is 0.251 e. The Balaban J connectivity index is 0.00000280. The Morgan fingerprint density at radius 1 is 1.18 bits per heavy atom. The van der Waals surface area contributed by atoms with E-state index in [1.165, 1.54) is 6.07 Å². The molecule has 2 N–H and O–H groups in total. The number of amides is 1. The predicted octanol–water partition coefficient (Wildman–Crippen LogP) is 2.50. The van der Waals surface area contributed by atoms with Crippen LogP contribution in [0.25, 0.3) is 0 Å². The zero-order valence-electron chi connectivity index (χ0n) is 16.8. The van der Waals surface area contributed by atoms with Gasteiger partial charge in [0, 0.05) is 24.7 Å². The van der Waals surface area contributed by atoms with Crippen molar-refractivity contribution < 1.29 is 13.2 Å². The third-order valence-electron chi connectivity index (χ3n) is 5.67. The second-order valence-corrected chi connectivity index (χ2v) is 10.3. The minimum Gasteiger partial charge on any atom is -0.349 e. The number of rotatable bonds is 4. The maximum absolute atomic E-state index is 13.1. The van der Waals surface area contributed by atoms with Gasteiger partial charge in [0.2, 0.25) is 10.0 Å². The standard InChI is InChI=1S/C20H31N3O3S.ClH/c1-14-9-15(2)13-23(12-14)27(25,26)18-6-4-5-17(10-18)20(24)22-19-7-8-21-11-16(19)3;/h4-6,10,14-16,19,21H,7-9,11-13H2,1-3H3,(H,22,24);1H. The first-order valence-corrected chi connectivity index (χ1v) is 11.3. The monoisotopic (exact) mass is 429 g/mol. The largest absolute Gasteiger partial charge is 0.349 e. The van der Waals surface area contributed by atoms with Gasteiger partial charge in [-0.05, 0) is 61.9 Å². The summed E-state index contributed by atoms with van der Waals surface area (Å²) in [6, 6.07) is 6.55. The highest BCUT2D eigenvalue weighted by atomic mass is 35.5. The molecule has 2 saturated heterocycles. The average molecular weight is 430 g/mol. The fraction of sp³-hybridized carbons (Fsp3) is 0.650. The Kier molecular flexibility index (Phi) is 7.90. The zero-order valence-corrected chi connectivity index (χ0v) is 18.5. The molecule has 0 aliphatic carbocycles. The third-order valence-corrected chi connectivity index (χ3v) is 7.50. The summed E-state index contributed by atoms with van der Waals surface area (Å²) in [6.07, 6.45) is 1.93. The highest BCUT2D eigenvalue weighted by Crippen LogP contribution is 2.27. The van der Waals surface area contributed by atoms with Crippen LogP contribution < -0.4 is 10.6 Å². The Morgan fingerprint density at radius 3 is 2.50 bits per heavy atom. The normalized spacial score (nSPS) is 29.0. The third kappa shape index (κ3) is 5.26. The molecule has 2 aliphatic heterocycles. The van der Waals surface area contributed by atoms with E-state index in [2.05, 4.69) is 31.4 Å². The fourth-order valence-corrected chi connectivity index (χ4v) is 5.96. The summed E-state index contributed by atoms with van der Waals surface area (Å²) in [4.78, 5) is 12.9. The van der Waals surface area contributed by atoms with Crippen LogP contribution in [-0.4, -0.2) is 50.9 Å². The maximum Gasteiger partial charge on any atom is 0.251 e. The van der Waals surface area contributed by atoms with Crippen molar-refractivity contribution in [2.45, 2.75) is 44.6 Å². The molecule has 6 nitrogen and oxygen atoms in total. The lowest BCUT2D eigenvalue weighted by Gasteiger charge is -2.34. The van der Waals surface area contributed by atoms with E-state index in [4.69, 9.17) is 0 Å². The zero-order chi connectivity index (χ0) is 19.6. The Hall–Kier alpha value is -1.15. The van der Waals surface area contributed by atoms with Crippen LogP contribution in [0, 0.1) is 17.8 Å². The molecule has 3 rings (SSSR count). The topological polar surface area (TPSA) is 78.5 Å². The van der Waals surface area contributed by atoms with Gasteiger partial charge in [-0.1, -0.05) is 26.8 Å². The molecule has 4 atom stereocenters. The fourth-order valence-electron chi connectivity index (χ4n) is 4.23.